The van der Waals surface area contributed by atoms with Crippen molar-refractivity contribution in [2.24, 2.45) is 11.3 Å². The summed E-state index contributed by atoms with van der Waals surface area (Å²) < 4.78 is 5.50. The van der Waals surface area contributed by atoms with Gasteiger partial charge in [-0.25, -0.2) is 0 Å². The molecule has 2 unspecified atom stereocenters. The zero-order valence-corrected chi connectivity index (χ0v) is 12.2. The zero-order chi connectivity index (χ0) is 14.6. The van der Waals surface area contributed by atoms with Crippen molar-refractivity contribution in [3.8, 4) is 0 Å². The normalized spacial score (nSPS) is 23.6. The van der Waals surface area contributed by atoms with Crippen LogP contribution in [-0.2, 0) is 20.9 Å². The van der Waals surface area contributed by atoms with Crippen molar-refractivity contribution in [1.29, 1.82) is 0 Å². The molecule has 0 radical (unpaired) electrons. The van der Waals surface area contributed by atoms with Crippen LogP contribution >= 0.6 is 0 Å². The summed E-state index contributed by atoms with van der Waals surface area (Å²) in [5.74, 6) is 0.153. The zero-order valence-electron chi connectivity index (χ0n) is 12.2. The van der Waals surface area contributed by atoms with Crippen molar-refractivity contribution in [3.05, 3.63) is 35.9 Å². The number of hydrogen-bond acceptors (Lipinski definition) is 3. The van der Waals surface area contributed by atoms with E-state index in [1.54, 1.807) is 0 Å². The largest absolute Gasteiger partial charge is 0.460 e. The molecule has 108 valence electrons. The Kier molecular flexibility index (Phi) is 4.58. The van der Waals surface area contributed by atoms with Gasteiger partial charge in [-0.05, 0) is 17.9 Å². The van der Waals surface area contributed by atoms with Crippen LogP contribution in [0.25, 0.3) is 0 Å². The molecule has 20 heavy (non-hydrogen) atoms. The van der Waals surface area contributed by atoms with Crippen LogP contribution in [0, 0.1) is 11.3 Å². The van der Waals surface area contributed by atoms with Gasteiger partial charge in [0.15, 0.2) is 0 Å². The summed E-state index contributed by atoms with van der Waals surface area (Å²) in [6, 6.07) is 9.65. The maximum Gasteiger partial charge on any atom is 0.313 e. The van der Waals surface area contributed by atoms with Crippen molar-refractivity contribution in [2.75, 3.05) is 0 Å². The molecule has 1 aromatic rings. The third kappa shape index (κ3) is 2.92. The highest BCUT2D eigenvalue weighted by Crippen LogP contribution is 2.45. The topological polar surface area (TPSA) is 43.4 Å². The molecule has 0 spiro atoms. The quantitative estimate of drug-likeness (QED) is 0.772. The summed E-state index contributed by atoms with van der Waals surface area (Å²) in [5.41, 5.74) is 0.380. The Bertz CT molecular complexity index is 480. The molecule has 2 atom stereocenters. The summed E-state index contributed by atoms with van der Waals surface area (Å²) in [5, 5.41) is 0. The summed E-state index contributed by atoms with van der Waals surface area (Å²) in [6.07, 6.45) is 2.36. The van der Waals surface area contributed by atoms with Crippen LogP contribution in [0.2, 0.25) is 0 Å². The molecular weight excluding hydrogens is 252 g/mol. The molecule has 1 aliphatic carbocycles. The standard InChI is InChI=1S/C17H22O3/c1-3-13(2)17(10-9-15(18)11-17)16(19)20-12-14-7-5-4-6-8-14/h4-8,13H,3,9-12H2,1-2H3. The van der Waals surface area contributed by atoms with Crippen LogP contribution < -0.4 is 0 Å². The number of rotatable bonds is 5. The van der Waals surface area contributed by atoms with Gasteiger partial charge in [0.05, 0.1) is 5.41 Å². The van der Waals surface area contributed by atoms with Gasteiger partial charge in [0, 0.05) is 12.8 Å². The molecule has 0 amide bonds. The molecule has 1 aromatic carbocycles. The summed E-state index contributed by atoms with van der Waals surface area (Å²) in [4.78, 5) is 24.2. The van der Waals surface area contributed by atoms with Crippen molar-refractivity contribution < 1.29 is 14.3 Å². The Morgan fingerprint density at radius 2 is 2.05 bits per heavy atom. The second-order valence-electron chi connectivity index (χ2n) is 5.74. The molecule has 0 aliphatic heterocycles. The minimum atomic E-state index is -0.597. The lowest BCUT2D eigenvalue weighted by atomic mass is 9.73. The van der Waals surface area contributed by atoms with Crippen molar-refractivity contribution in [1.82, 2.24) is 0 Å². The van der Waals surface area contributed by atoms with E-state index in [1.165, 1.54) is 0 Å². The van der Waals surface area contributed by atoms with Gasteiger partial charge in [-0.3, -0.25) is 9.59 Å². The molecule has 3 heteroatoms. The molecule has 1 fully saturated rings. The molecule has 1 saturated carbocycles. The molecule has 0 bridgehead atoms. The number of ether oxygens (including phenoxy) is 1. The predicted molar refractivity (Wildman–Crippen MR) is 77.0 cm³/mol. The van der Waals surface area contributed by atoms with Crippen LogP contribution in [0.5, 0.6) is 0 Å². The Balaban J connectivity index is 2.06. The average Bonchev–Trinajstić information content (AvgIpc) is 2.88. The summed E-state index contributed by atoms with van der Waals surface area (Å²) in [6.45, 7) is 4.38. The molecule has 0 saturated heterocycles. The van der Waals surface area contributed by atoms with E-state index in [4.69, 9.17) is 4.74 Å². The van der Waals surface area contributed by atoms with Crippen LogP contribution in [0.1, 0.15) is 45.1 Å². The minimum absolute atomic E-state index is 0.178. The second kappa shape index (κ2) is 6.21. The first-order chi connectivity index (χ1) is 9.58. The lowest BCUT2D eigenvalue weighted by molar-refractivity contribution is -0.161. The van der Waals surface area contributed by atoms with Gasteiger partial charge in [0.25, 0.3) is 0 Å². The highest BCUT2D eigenvalue weighted by atomic mass is 16.5. The van der Waals surface area contributed by atoms with Gasteiger partial charge in [-0.2, -0.15) is 0 Å². The van der Waals surface area contributed by atoms with Gasteiger partial charge in [-0.15, -0.1) is 0 Å². The first-order valence-corrected chi connectivity index (χ1v) is 7.31. The van der Waals surface area contributed by atoms with Gasteiger partial charge < -0.3 is 4.74 Å². The van der Waals surface area contributed by atoms with E-state index in [2.05, 4.69) is 6.92 Å². The molecule has 1 aliphatic rings. The van der Waals surface area contributed by atoms with E-state index in [0.717, 1.165) is 12.0 Å². The third-order valence-electron chi connectivity index (χ3n) is 4.54. The van der Waals surface area contributed by atoms with Crippen LogP contribution in [-0.4, -0.2) is 11.8 Å². The number of esters is 1. The monoisotopic (exact) mass is 274 g/mol. The molecular formula is C17H22O3. The fraction of sp³-hybridized carbons (Fsp3) is 0.529. The Labute approximate surface area is 120 Å². The molecule has 0 N–H and O–H groups in total. The molecule has 0 heterocycles. The van der Waals surface area contributed by atoms with E-state index >= 15 is 0 Å². The lowest BCUT2D eigenvalue weighted by Crippen LogP contribution is -2.36. The first-order valence-electron chi connectivity index (χ1n) is 7.31. The highest BCUT2D eigenvalue weighted by molar-refractivity contribution is 5.90. The fourth-order valence-electron chi connectivity index (χ4n) is 2.94. The Morgan fingerprint density at radius 1 is 1.35 bits per heavy atom. The highest BCUT2D eigenvalue weighted by Gasteiger charge is 2.49. The van der Waals surface area contributed by atoms with Crippen molar-refractivity contribution in [3.63, 3.8) is 0 Å². The van der Waals surface area contributed by atoms with E-state index in [9.17, 15) is 9.59 Å². The van der Waals surface area contributed by atoms with E-state index < -0.39 is 5.41 Å². The molecule has 3 nitrogen and oxygen atoms in total. The second-order valence-corrected chi connectivity index (χ2v) is 5.74. The third-order valence-corrected chi connectivity index (χ3v) is 4.54. The van der Waals surface area contributed by atoms with Crippen molar-refractivity contribution in [2.45, 2.75) is 46.1 Å². The van der Waals surface area contributed by atoms with Gasteiger partial charge in [-0.1, -0.05) is 50.6 Å². The smallest absolute Gasteiger partial charge is 0.313 e. The predicted octanol–water partition coefficient (Wildman–Crippen LogP) is 3.52. The van der Waals surface area contributed by atoms with Gasteiger partial charge in [0.1, 0.15) is 12.4 Å². The minimum Gasteiger partial charge on any atom is -0.460 e. The number of carbonyl (C=O) groups is 2. The average molecular weight is 274 g/mol. The first kappa shape index (κ1) is 14.8. The maximum absolute atomic E-state index is 12.5. The van der Waals surface area contributed by atoms with Crippen LogP contribution in [0.15, 0.2) is 30.3 Å². The molecule has 0 aromatic heterocycles. The summed E-state index contributed by atoms with van der Waals surface area (Å²) in [7, 11) is 0. The number of benzene rings is 1. The van der Waals surface area contributed by atoms with E-state index in [-0.39, 0.29) is 24.3 Å². The van der Waals surface area contributed by atoms with Gasteiger partial charge in [0.2, 0.25) is 0 Å². The number of Topliss-reactive ketones (excluding diaryl/α,β-unsaturated/α-hetero) is 1. The number of carbonyl (C=O) groups excluding carboxylic acids is 2. The maximum atomic E-state index is 12.5. The number of ketones is 1. The fourth-order valence-corrected chi connectivity index (χ4v) is 2.94. The Hall–Kier alpha value is -1.64. The molecule has 2 rings (SSSR count). The van der Waals surface area contributed by atoms with Crippen LogP contribution in [0.3, 0.4) is 0 Å². The van der Waals surface area contributed by atoms with Crippen molar-refractivity contribution >= 4 is 11.8 Å². The SMILES string of the molecule is CCC(C)C1(C(=O)OCc2ccccc2)CCC(=O)C1. The van der Waals surface area contributed by atoms with Gasteiger partial charge >= 0.3 is 5.97 Å². The van der Waals surface area contributed by atoms with Crippen LogP contribution in [0.4, 0.5) is 0 Å². The van der Waals surface area contributed by atoms with E-state index in [1.807, 2.05) is 37.3 Å². The lowest BCUT2D eigenvalue weighted by Gasteiger charge is -2.31. The number of hydrogen-bond donors (Lipinski definition) is 0. The Morgan fingerprint density at radius 3 is 2.60 bits per heavy atom. The van der Waals surface area contributed by atoms with E-state index in [0.29, 0.717) is 19.3 Å². The summed E-state index contributed by atoms with van der Waals surface area (Å²) >= 11 is 0.